The van der Waals surface area contributed by atoms with Gasteiger partial charge in [0.25, 0.3) is 0 Å². The summed E-state index contributed by atoms with van der Waals surface area (Å²) in [6.07, 6.45) is 4.28. The molecule has 1 atom stereocenters. The van der Waals surface area contributed by atoms with E-state index in [1.54, 1.807) is 0 Å². The van der Waals surface area contributed by atoms with E-state index in [4.69, 9.17) is 5.73 Å². The van der Waals surface area contributed by atoms with Gasteiger partial charge in [0, 0.05) is 30.6 Å². The zero-order valence-corrected chi connectivity index (χ0v) is 12.5. The third-order valence-electron chi connectivity index (χ3n) is 4.70. The van der Waals surface area contributed by atoms with Crippen LogP contribution < -0.4 is 5.73 Å². The number of hydrogen-bond donors (Lipinski definition) is 1. The molecule has 0 aromatic heterocycles. The Morgan fingerprint density at radius 1 is 1.39 bits per heavy atom. The molecule has 3 nitrogen and oxygen atoms in total. The third-order valence-corrected chi connectivity index (χ3v) is 5.89. The molecule has 2 aliphatic rings. The van der Waals surface area contributed by atoms with Crippen LogP contribution in [-0.4, -0.2) is 41.4 Å². The minimum atomic E-state index is -0.247. The van der Waals surface area contributed by atoms with E-state index in [1.807, 2.05) is 11.8 Å². The summed E-state index contributed by atoms with van der Waals surface area (Å²) < 4.78 is 0. The minimum Gasteiger partial charge on any atom is -0.338 e. The van der Waals surface area contributed by atoms with Crippen molar-refractivity contribution in [3.63, 3.8) is 0 Å². The largest absolute Gasteiger partial charge is 0.338 e. The monoisotopic (exact) mass is 270 g/mol. The van der Waals surface area contributed by atoms with Crippen molar-refractivity contribution in [3.8, 4) is 0 Å². The maximum Gasteiger partial charge on any atom is 0.230 e. The topological polar surface area (TPSA) is 46.3 Å². The van der Waals surface area contributed by atoms with Crippen LogP contribution in [0, 0.1) is 11.3 Å². The average Bonchev–Trinajstić information content (AvgIpc) is 2.40. The van der Waals surface area contributed by atoms with Gasteiger partial charge in [-0.25, -0.2) is 0 Å². The summed E-state index contributed by atoms with van der Waals surface area (Å²) >= 11 is 1.95. The molecule has 104 valence electrons. The zero-order chi connectivity index (χ0) is 13.2. The second-order valence-electron chi connectivity index (χ2n) is 6.09. The summed E-state index contributed by atoms with van der Waals surface area (Å²) in [6.45, 7) is 5.88. The molecule has 0 spiro atoms. The van der Waals surface area contributed by atoms with Crippen molar-refractivity contribution in [3.05, 3.63) is 0 Å². The predicted molar refractivity (Wildman–Crippen MR) is 77.6 cm³/mol. The first-order valence-corrected chi connectivity index (χ1v) is 8.33. The molecule has 0 aromatic carbocycles. The van der Waals surface area contributed by atoms with Crippen LogP contribution in [0.2, 0.25) is 0 Å². The van der Waals surface area contributed by atoms with Gasteiger partial charge in [0.05, 0.1) is 5.41 Å². The molecule has 1 aliphatic heterocycles. The van der Waals surface area contributed by atoms with Crippen molar-refractivity contribution in [2.45, 2.75) is 45.6 Å². The Morgan fingerprint density at radius 2 is 2.06 bits per heavy atom. The lowest BCUT2D eigenvalue weighted by Gasteiger charge is -2.44. The SMILES string of the molecule is CC1CCC(CN)(C(=O)N2CCSCC2C)CC1. The van der Waals surface area contributed by atoms with Crippen molar-refractivity contribution in [2.75, 3.05) is 24.6 Å². The third kappa shape index (κ3) is 2.69. The molecule has 1 amide bonds. The lowest BCUT2D eigenvalue weighted by atomic mass is 9.70. The van der Waals surface area contributed by atoms with Crippen LogP contribution in [0.3, 0.4) is 0 Å². The van der Waals surface area contributed by atoms with Crippen molar-refractivity contribution >= 4 is 17.7 Å². The highest BCUT2D eigenvalue weighted by Gasteiger charge is 2.43. The van der Waals surface area contributed by atoms with E-state index in [2.05, 4.69) is 18.7 Å². The highest BCUT2D eigenvalue weighted by molar-refractivity contribution is 7.99. The first-order chi connectivity index (χ1) is 8.59. The van der Waals surface area contributed by atoms with Gasteiger partial charge < -0.3 is 10.6 Å². The Bertz CT molecular complexity index is 300. The summed E-state index contributed by atoms with van der Waals surface area (Å²) in [5.74, 6) is 3.24. The van der Waals surface area contributed by atoms with Gasteiger partial charge in [-0.3, -0.25) is 4.79 Å². The van der Waals surface area contributed by atoms with Gasteiger partial charge >= 0.3 is 0 Å². The normalized spacial score (nSPS) is 37.6. The van der Waals surface area contributed by atoms with Crippen molar-refractivity contribution in [2.24, 2.45) is 17.1 Å². The van der Waals surface area contributed by atoms with E-state index in [0.29, 0.717) is 18.5 Å². The Balaban J connectivity index is 2.09. The van der Waals surface area contributed by atoms with Crippen LogP contribution in [0.1, 0.15) is 39.5 Å². The molecule has 1 saturated heterocycles. The summed E-state index contributed by atoms with van der Waals surface area (Å²) in [7, 11) is 0. The zero-order valence-electron chi connectivity index (χ0n) is 11.7. The Morgan fingerprint density at radius 3 is 2.61 bits per heavy atom. The second kappa shape index (κ2) is 5.83. The molecule has 2 N–H and O–H groups in total. The lowest BCUT2D eigenvalue weighted by Crippen LogP contribution is -2.54. The van der Waals surface area contributed by atoms with Gasteiger partial charge in [0.2, 0.25) is 5.91 Å². The molecule has 2 rings (SSSR count). The molecule has 1 unspecified atom stereocenters. The molecule has 0 radical (unpaired) electrons. The second-order valence-corrected chi connectivity index (χ2v) is 7.24. The molecule has 1 saturated carbocycles. The fourth-order valence-corrected chi connectivity index (χ4v) is 4.17. The molecule has 18 heavy (non-hydrogen) atoms. The highest BCUT2D eigenvalue weighted by atomic mass is 32.2. The van der Waals surface area contributed by atoms with Crippen LogP contribution in [-0.2, 0) is 4.79 Å². The van der Waals surface area contributed by atoms with E-state index in [1.165, 1.54) is 0 Å². The van der Waals surface area contributed by atoms with Crippen LogP contribution in [0.5, 0.6) is 0 Å². The molecule has 0 bridgehead atoms. The number of hydrogen-bond acceptors (Lipinski definition) is 3. The molecular formula is C14H26N2OS. The maximum atomic E-state index is 12.9. The van der Waals surface area contributed by atoms with Gasteiger partial charge in [-0.2, -0.15) is 11.8 Å². The van der Waals surface area contributed by atoms with Crippen LogP contribution in [0.4, 0.5) is 0 Å². The van der Waals surface area contributed by atoms with E-state index < -0.39 is 0 Å². The van der Waals surface area contributed by atoms with E-state index in [-0.39, 0.29) is 5.41 Å². The van der Waals surface area contributed by atoms with Crippen LogP contribution in [0.25, 0.3) is 0 Å². The number of nitrogens with two attached hydrogens (primary N) is 1. The standard InChI is InChI=1S/C14H26N2OS/c1-11-3-5-14(10-15,6-4-11)13(17)16-7-8-18-9-12(16)2/h11-12H,3-10,15H2,1-2H3. The minimum absolute atomic E-state index is 0.247. The van der Waals surface area contributed by atoms with Crippen molar-refractivity contribution in [1.29, 1.82) is 0 Å². The number of carbonyl (C=O) groups excluding carboxylic acids is 1. The van der Waals surface area contributed by atoms with E-state index >= 15 is 0 Å². The van der Waals surface area contributed by atoms with Gasteiger partial charge in [-0.05, 0) is 38.5 Å². The summed E-state index contributed by atoms with van der Waals surface area (Å²) in [5, 5.41) is 0. The predicted octanol–water partition coefficient (Wildman–Crippen LogP) is 2.11. The molecule has 0 aromatic rings. The summed E-state index contributed by atoms with van der Waals surface area (Å²) in [5.41, 5.74) is 5.74. The van der Waals surface area contributed by atoms with Crippen LogP contribution in [0.15, 0.2) is 0 Å². The molecule has 1 heterocycles. The number of amides is 1. The number of carbonyl (C=O) groups is 1. The Hall–Kier alpha value is -0.220. The first-order valence-electron chi connectivity index (χ1n) is 7.18. The van der Waals surface area contributed by atoms with Crippen molar-refractivity contribution < 1.29 is 4.79 Å². The molecule has 2 fully saturated rings. The smallest absolute Gasteiger partial charge is 0.230 e. The van der Waals surface area contributed by atoms with Gasteiger partial charge in [0.15, 0.2) is 0 Å². The maximum absolute atomic E-state index is 12.9. The fourth-order valence-electron chi connectivity index (χ4n) is 3.15. The van der Waals surface area contributed by atoms with Crippen LogP contribution >= 0.6 is 11.8 Å². The quantitative estimate of drug-likeness (QED) is 0.836. The fraction of sp³-hybridized carbons (Fsp3) is 0.929. The highest BCUT2D eigenvalue weighted by Crippen LogP contribution is 2.40. The van der Waals surface area contributed by atoms with Crippen molar-refractivity contribution in [1.82, 2.24) is 4.90 Å². The summed E-state index contributed by atoms with van der Waals surface area (Å²) in [6, 6.07) is 0.374. The first kappa shape index (κ1) is 14.2. The molecule has 4 heteroatoms. The van der Waals surface area contributed by atoms with E-state index in [0.717, 1.165) is 49.7 Å². The van der Waals surface area contributed by atoms with E-state index in [9.17, 15) is 4.79 Å². The van der Waals surface area contributed by atoms with Gasteiger partial charge in [-0.15, -0.1) is 0 Å². The number of rotatable bonds is 2. The Labute approximate surface area is 115 Å². The molecule has 1 aliphatic carbocycles. The molecular weight excluding hydrogens is 244 g/mol. The van der Waals surface area contributed by atoms with Gasteiger partial charge in [-0.1, -0.05) is 6.92 Å². The average molecular weight is 270 g/mol. The Kier molecular flexibility index (Phi) is 4.59. The number of thioether (sulfide) groups is 1. The lowest BCUT2D eigenvalue weighted by molar-refractivity contribution is -0.145. The number of nitrogens with zero attached hydrogens (tertiary/aromatic N) is 1. The van der Waals surface area contributed by atoms with Gasteiger partial charge in [0.1, 0.15) is 0 Å². The summed E-state index contributed by atoms with van der Waals surface area (Å²) in [4.78, 5) is 15.0.